The van der Waals surface area contributed by atoms with Crippen LogP contribution >= 0.6 is 0 Å². The minimum Gasteiger partial charge on any atom is -0.318 e. The minimum atomic E-state index is -0.682. The van der Waals surface area contributed by atoms with Crippen LogP contribution in [0.1, 0.15) is 16.7 Å². The molecule has 0 saturated carbocycles. The van der Waals surface area contributed by atoms with Crippen molar-refractivity contribution in [1.82, 2.24) is 0 Å². The fourth-order valence-electron chi connectivity index (χ4n) is 1.92. The van der Waals surface area contributed by atoms with Crippen molar-refractivity contribution in [3.8, 4) is 0 Å². The molecular weight excluding hydrogens is 264 g/mol. The van der Waals surface area contributed by atoms with Gasteiger partial charge in [0.05, 0.1) is 0 Å². The van der Waals surface area contributed by atoms with E-state index in [0.717, 1.165) is 16.7 Å². The molecule has 2 aromatic carbocycles. The van der Waals surface area contributed by atoms with E-state index in [1.54, 1.807) is 18.2 Å². The summed E-state index contributed by atoms with van der Waals surface area (Å²) in [7, 11) is 0. The van der Waals surface area contributed by atoms with Crippen LogP contribution in [0.4, 0.5) is 11.4 Å². The molecule has 0 unspecified atom stereocenters. The fourth-order valence-corrected chi connectivity index (χ4v) is 1.92. The van der Waals surface area contributed by atoms with Crippen LogP contribution in [0, 0.1) is 20.8 Å². The molecule has 0 aromatic heterocycles. The van der Waals surface area contributed by atoms with Gasteiger partial charge < -0.3 is 10.6 Å². The molecule has 4 nitrogen and oxygen atoms in total. The van der Waals surface area contributed by atoms with Crippen molar-refractivity contribution in [1.29, 1.82) is 0 Å². The van der Waals surface area contributed by atoms with E-state index < -0.39 is 11.8 Å². The third-order valence-corrected chi connectivity index (χ3v) is 3.25. The molecule has 0 heterocycles. The topological polar surface area (TPSA) is 58.2 Å². The summed E-state index contributed by atoms with van der Waals surface area (Å²) in [5.41, 5.74) is 4.43. The maximum atomic E-state index is 11.9. The van der Waals surface area contributed by atoms with Gasteiger partial charge in [0.2, 0.25) is 0 Å². The third-order valence-electron chi connectivity index (χ3n) is 3.25. The van der Waals surface area contributed by atoms with Crippen LogP contribution in [-0.2, 0) is 9.59 Å². The van der Waals surface area contributed by atoms with Crippen LogP contribution in [0.3, 0.4) is 0 Å². The molecule has 0 bridgehead atoms. The lowest BCUT2D eigenvalue weighted by Crippen LogP contribution is -2.29. The third kappa shape index (κ3) is 3.92. The number of anilines is 2. The second-order valence-corrected chi connectivity index (χ2v) is 5.08. The average Bonchev–Trinajstić information content (AvgIpc) is 2.43. The molecule has 0 atom stereocenters. The van der Waals surface area contributed by atoms with E-state index in [1.165, 1.54) is 0 Å². The normalized spacial score (nSPS) is 10.0. The maximum absolute atomic E-state index is 11.9. The standard InChI is InChI=1S/C17H18N2O2/c1-11-5-4-6-14(9-11)18-16(20)17(21)19-15-8-7-12(2)13(3)10-15/h4-10H,1-3H3,(H,18,20)(H,19,21). The van der Waals surface area contributed by atoms with E-state index in [4.69, 9.17) is 0 Å². The van der Waals surface area contributed by atoms with Gasteiger partial charge >= 0.3 is 11.8 Å². The summed E-state index contributed by atoms with van der Waals surface area (Å²) in [6.45, 7) is 5.87. The first kappa shape index (κ1) is 14.8. The van der Waals surface area contributed by atoms with E-state index in [0.29, 0.717) is 11.4 Å². The zero-order chi connectivity index (χ0) is 15.4. The van der Waals surface area contributed by atoms with Gasteiger partial charge in [-0.15, -0.1) is 0 Å². The number of rotatable bonds is 2. The zero-order valence-corrected chi connectivity index (χ0v) is 12.4. The van der Waals surface area contributed by atoms with Crippen LogP contribution in [0.5, 0.6) is 0 Å². The van der Waals surface area contributed by atoms with Gasteiger partial charge in [-0.1, -0.05) is 18.2 Å². The zero-order valence-electron chi connectivity index (χ0n) is 12.4. The molecule has 2 amide bonds. The van der Waals surface area contributed by atoms with E-state index in [1.807, 2.05) is 45.0 Å². The number of benzene rings is 2. The molecule has 0 aliphatic heterocycles. The van der Waals surface area contributed by atoms with Crippen LogP contribution in [-0.4, -0.2) is 11.8 Å². The molecule has 0 aliphatic rings. The fraction of sp³-hybridized carbons (Fsp3) is 0.176. The monoisotopic (exact) mass is 282 g/mol. The number of carbonyl (C=O) groups is 2. The molecule has 0 fully saturated rings. The predicted molar refractivity (Wildman–Crippen MR) is 84.4 cm³/mol. The SMILES string of the molecule is Cc1cccc(NC(=O)C(=O)Nc2ccc(C)c(C)c2)c1. The van der Waals surface area contributed by atoms with E-state index in [-0.39, 0.29) is 0 Å². The molecule has 0 radical (unpaired) electrons. The molecular formula is C17H18N2O2. The summed E-state index contributed by atoms with van der Waals surface area (Å²) in [5, 5.41) is 5.17. The highest BCUT2D eigenvalue weighted by Crippen LogP contribution is 2.14. The molecule has 0 spiro atoms. The Hall–Kier alpha value is -2.62. The van der Waals surface area contributed by atoms with Gasteiger partial charge in [0.25, 0.3) is 0 Å². The molecule has 4 heteroatoms. The Balaban J connectivity index is 2.02. The second-order valence-electron chi connectivity index (χ2n) is 5.08. The van der Waals surface area contributed by atoms with Crippen molar-refractivity contribution >= 4 is 23.2 Å². The molecule has 21 heavy (non-hydrogen) atoms. The Morgan fingerprint density at radius 1 is 0.762 bits per heavy atom. The Kier molecular flexibility index (Phi) is 4.38. The minimum absolute atomic E-state index is 0.607. The Bertz CT molecular complexity index is 693. The Morgan fingerprint density at radius 3 is 1.95 bits per heavy atom. The summed E-state index contributed by atoms with van der Waals surface area (Å²) in [4.78, 5) is 23.7. The number of aryl methyl sites for hydroxylation is 3. The molecule has 0 aliphatic carbocycles. The van der Waals surface area contributed by atoms with Gasteiger partial charge in [0.1, 0.15) is 0 Å². The van der Waals surface area contributed by atoms with E-state index in [9.17, 15) is 9.59 Å². The highest BCUT2D eigenvalue weighted by molar-refractivity contribution is 6.43. The smallest absolute Gasteiger partial charge is 0.314 e. The lowest BCUT2D eigenvalue weighted by atomic mass is 10.1. The van der Waals surface area contributed by atoms with Crippen molar-refractivity contribution < 1.29 is 9.59 Å². The van der Waals surface area contributed by atoms with Crippen molar-refractivity contribution in [2.75, 3.05) is 10.6 Å². The summed E-state index contributed by atoms with van der Waals surface area (Å²) >= 11 is 0. The quantitative estimate of drug-likeness (QED) is 0.831. The van der Waals surface area contributed by atoms with Crippen molar-refractivity contribution in [2.24, 2.45) is 0 Å². The lowest BCUT2D eigenvalue weighted by Gasteiger charge is -2.08. The molecule has 2 rings (SSSR count). The highest BCUT2D eigenvalue weighted by atomic mass is 16.2. The summed E-state index contributed by atoms with van der Waals surface area (Å²) < 4.78 is 0. The first-order valence-electron chi connectivity index (χ1n) is 6.72. The van der Waals surface area contributed by atoms with Gasteiger partial charge in [-0.2, -0.15) is 0 Å². The molecule has 2 aromatic rings. The number of carbonyl (C=O) groups excluding carboxylic acids is 2. The van der Waals surface area contributed by atoms with Crippen LogP contribution in [0.2, 0.25) is 0 Å². The second kappa shape index (κ2) is 6.22. The van der Waals surface area contributed by atoms with Crippen molar-refractivity contribution in [3.05, 3.63) is 59.2 Å². The molecule has 0 saturated heterocycles. The first-order chi connectivity index (χ1) is 9.95. The Morgan fingerprint density at radius 2 is 1.38 bits per heavy atom. The summed E-state index contributed by atoms with van der Waals surface area (Å²) in [6.07, 6.45) is 0. The average molecular weight is 282 g/mol. The highest BCUT2D eigenvalue weighted by Gasteiger charge is 2.14. The summed E-state index contributed by atoms with van der Waals surface area (Å²) in [5.74, 6) is -1.36. The van der Waals surface area contributed by atoms with Gasteiger partial charge in [0.15, 0.2) is 0 Å². The van der Waals surface area contributed by atoms with Gasteiger partial charge in [-0.3, -0.25) is 9.59 Å². The van der Waals surface area contributed by atoms with Crippen molar-refractivity contribution in [3.63, 3.8) is 0 Å². The van der Waals surface area contributed by atoms with E-state index in [2.05, 4.69) is 10.6 Å². The number of nitrogens with one attached hydrogen (secondary N) is 2. The number of hydrogen-bond donors (Lipinski definition) is 2. The lowest BCUT2D eigenvalue weighted by molar-refractivity contribution is -0.132. The predicted octanol–water partition coefficient (Wildman–Crippen LogP) is 3.19. The molecule has 108 valence electrons. The van der Waals surface area contributed by atoms with Gasteiger partial charge in [-0.25, -0.2) is 0 Å². The largest absolute Gasteiger partial charge is 0.318 e. The van der Waals surface area contributed by atoms with E-state index >= 15 is 0 Å². The number of hydrogen-bond acceptors (Lipinski definition) is 2. The van der Waals surface area contributed by atoms with Crippen molar-refractivity contribution in [2.45, 2.75) is 20.8 Å². The van der Waals surface area contributed by atoms with Crippen LogP contribution < -0.4 is 10.6 Å². The molecule has 2 N–H and O–H groups in total. The van der Waals surface area contributed by atoms with Crippen LogP contribution in [0.25, 0.3) is 0 Å². The Labute approximate surface area is 124 Å². The number of amides is 2. The van der Waals surface area contributed by atoms with Gasteiger partial charge in [-0.05, 0) is 61.7 Å². The van der Waals surface area contributed by atoms with Gasteiger partial charge in [0, 0.05) is 11.4 Å². The maximum Gasteiger partial charge on any atom is 0.314 e. The summed E-state index contributed by atoms with van der Waals surface area (Å²) in [6, 6.07) is 12.8. The van der Waals surface area contributed by atoms with Crippen LogP contribution in [0.15, 0.2) is 42.5 Å². The first-order valence-corrected chi connectivity index (χ1v) is 6.72.